The van der Waals surface area contributed by atoms with E-state index in [4.69, 9.17) is 4.74 Å². The Labute approximate surface area is 119 Å². The first-order valence-electron chi connectivity index (χ1n) is 6.76. The maximum absolute atomic E-state index is 12.2. The van der Waals surface area contributed by atoms with Crippen molar-refractivity contribution >= 4 is 11.8 Å². The zero-order valence-corrected chi connectivity index (χ0v) is 12.0. The van der Waals surface area contributed by atoms with Gasteiger partial charge in [-0.25, -0.2) is 0 Å². The summed E-state index contributed by atoms with van der Waals surface area (Å²) < 4.78 is 5.09. The van der Waals surface area contributed by atoms with Crippen molar-refractivity contribution in [2.75, 3.05) is 33.3 Å². The van der Waals surface area contributed by atoms with Gasteiger partial charge in [-0.2, -0.15) is 0 Å². The van der Waals surface area contributed by atoms with Gasteiger partial charge in [0.05, 0.1) is 13.5 Å². The van der Waals surface area contributed by atoms with Crippen molar-refractivity contribution in [3.05, 3.63) is 29.8 Å². The monoisotopic (exact) mass is 276 g/mol. The van der Waals surface area contributed by atoms with Crippen molar-refractivity contribution in [2.24, 2.45) is 0 Å². The number of hydrogen-bond donors (Lipinski definition) is 0. The standard InChI is InChI=1S/C15H20N2O3/c1-12(18)16-7-9-17(10-8-16)15(19)11-13-3-5-14(20-2)6-4-13/h3-6H,7-11H2,1-2H3. The minimum Gasteiger partial charge on any atom is -0.497 e. The van der Waals surface area contributed by atoms with Crippen LogP contribution in [0.15, 0.2) is 24.3 Å². The quantitative estimate of drug-likeness (QED) is 0.825. The number of hydrogen-bond acceptors (Lipinski definition) is 3. The van der Waals surface area contributed by atoms with E-state index in [0.717, 1.165) is 11.3 Å². The van der Waals surface area contributed by atoms with E-state index in [1.165, 1.54) is 0 Å². The summed E-state index contributed by atoms with van der Waals surface area (Å²) in [6.07, 6.45) is 0.393. The Morgan fingerprint density at radius 1 is 1.05 bits per heavy atom. The summed E-state index contributed by atoms with van der Waals surface area (Å²) >= 11 is 0. The third kappa shape index (κ3) is 3.50. The van der Waals surface area contributed by atoms with Gasteiger partial charge in [0, 0.05) is 33.1 Å². The van der Waals surface area contributed by atoms with Gasteiger partial charge >= 0.3 is 0 Å². The maximum atomic E-state index is 12.2. The number of piperazine rings is 1. The summed E-state index contributed by atoms with van der Waals surface area (Å²) in [7, 11) is 1.62. The van der Waals surface area contributed by atoms with Crippen LogP contribution < -0.4 is 4.74 Å². The Balaban J connectivity index is 1.87. The second kappa shape index (κ2) is 6.41. The highest BCUT2D eigenvalue weighted by atomic mass is 16.5. The van der Waals surface area contributed by atoms with Crippen molar-refractivity contribution in [3.8, 4) is 5.75 Å². The van der Waals surface area contributed by atoms with Crippen LogP contribution in [0.3, 0.4) is 0 Å². The summed E-state index contributed by atoms with van der Waals surface area (Å²) in [6.45, 7) is 4.06. The Bertz CT molecular complexity index is 476. The molecule has 5 heteroatoms. The molecule has 1 aromatic carbocycles. The first-order valence-corrected chi connectivity index (χ1v) is 6.76. The normalized spacial score (nSPS) is 15.1. The number of methoxy groups -OCH3 is 1. The molecule has 2 rings (SSSR count). The van der Waals surface area contributed by atoms with E-state index in [1.54, 1.807) is 18.9 Å². The predicted molar refractivity (Wildman–Crippen MR) is 75.5 cm³/mol. The minimum absolute atomic E-state index is 0.0762. The molecule has 2 amide bonds. The van der Waals surface area contributed by atoms with E-state index in [2.05, 4.69) is 0 Å². The number of carbonyl (C=O) groups is 2. The van der Waals surface area contributed by atoms with Gasteiger partial charge in [0.1, 0.15) is 5.75 Å². The molecular formula is C15H20N2O3. The number of carbonyl (C=O) groups excluding carboxylic acids is 2. The van der Waals surface area contributed by atoms with Crippen molar-refractivity contribution < 1.29 is 14.3 Å². The molecule has 20 heavy (non-hydrogen) atoms. The molecule has 0 spiro atoms. The molecule has 1 aromatic rings. The topological polar surface area (TPSA) is 49.9 Å². The molecule has 5 nitrogen and oxygen atoms in total. The highest BCUT2D eigenvalue weighted by Gasteiger charge is 2.22. The van der Waals surface area contributed by atoms with Gasteiger partial charge in [-0.15, -0.1) is 0 Å². The molecule has 1 aliphatic heterocycles. The van der Waals surface area contributed by atoms with Gasteiger partial charge in [-0.05, 0) is 17.7 Å². The van der Waals surface area contributed by atoms with E-state index in [-0.39, 0.29) is 11.8 Å². The van der Waals surface area contributed by atoms with Crippen molar-refractivity contribution in [1.29, 1.82) is 0 Å². The lowest BCUT2D eigenvalue weighted by atomic mass is 10.1. The van der Waals surface area contributed by atoms with E-state index in [9.17, 15) is 9.59 Å². The summed E-state index contributed by atoms with van der Waals surface area (Å²) in [5.74, 6) is 0.974. The molecule has 0 atom stereocenters. The molecule has 0 aliphatic carbocycles. The smallest absolute Gasteiger partial charge is 0.227 e. The van der Waals surface area contributed by atoms with Gasteiger partial charge in [0.2, 0.25) is 11.8 Å². The van der Waals surface area contributed by atoms with Crippen LogP contribution in [0.25, 0.3) is 0 Å². The zero-order valence-electron chi connectivity index (χ0n) is 12.0. The van der Waals surface area contributed by atoms with Crippen LogP contribution in [0.5, 0.6) is 5.75 Å². The summed E-state index contributed by atoms with van der Waals surface area (Å²) in [5.41, 5.74) is 0.977. The average Bonchev–Trinajstić information content (AvgIpc) is 2.48. The number of ether oxygens (including phenoxy) is 1. The van der Waals surface area contributed by atoms with E-state index in [0.29, 0.717) is 32.6 Å². The van der Waals surface area contributed by atoms with Crippen LogP contribution in [-0.4, -0.2) is 54.9 Å². The summed E-state index contributed by atoms with van der Waals surface area (Å²) in [5, 5.41) is 0. The number of nitrogens with zero attached hydrogens (tertiary/aromatic N) is 2. The summed E-state index contributed by atoms with van der Waals surface area (Å²) in [6, 6.07) is 7.53. The molecule has 0 radical (unpaired) electrons. The molecule has 1 fully saturated rings. The van der Waals surface area contributed by atoms with E-state index >= 15 is 0 Å². The molecule has 0 bridgehead atoms. The fourth-order valence-corrected chi connectivity index (χ4v) is 2.30. The minimum atomic E-state index is 0.0762. The lowest BCUT2D eigenvalue weighted by Gasteiger charge is -2.34. The Morgan fingerprint density at radius 2 is 1.60 bits per heavy atom. The predicted octanol–water partition coefficient (Wildman–Crippen LogP) is 0.928. The second-order valence-corrected chi connectivity index (χ2v) is 4.91. The van der Waals surface area contributed by atoms with E-state index < -0.39 is 0 Å². The highest BCUT2D eigenvalue weighted by molar-refractivity contribution is 5.79. The maximum Gasteiger partial charge on any atom is 0.227 e. The summed E-state index contributed by atoms with van der Waals surface area (Å²) in [4.78, 5) is 27.0. The lowest BCUT2D eigenvalue weighted by molar-refractivity contribution is -0.138. The van der Waals surface area contributed by atoms with Crippen LogP contribution in [-0.2, 0) is 16.0 Å². The highest BCUT2D eigenvalue weighted by Crippen LogP contribution is 2.13. The molecule has 0 N–H and O–H groups in total. The molecule has 108 valence electrons. The lowest BCUT2D eigenvalue weighted by Crippen LogP contribution is -2.50. The first-order chi connectivity index (χ1) is 9.60. The van der Waals surface area contributed by atoms with Crippen LogP contribution in [0.1, 0.15) is 12.5 Å². The van der Waals surface area contributed by atoms with Gasteiger partial charge in [-0.1, -0.05) is 12.1 Å². The second-order valence-electron chi connectivity index (χ2n) is 4.91. The first kappa shape index (κ1) is 14.4. The Hall–Kier alpha value is -2.04. The largest absolute Gasteiger partial charge is 0.497 e. The Morgan fingerprint density at radius 3 is 2.10 bits per heavy atom. The fraction of sp³-hybridized carbons (Fsp3) is 0.467. The van der Waals surface area contributed by atoms with Crippen LogP contribution in [0.4, 0.5) is 0 Å². The van der Waals surface area contributed by atoms with Crippen LogP contribution in [0, 0.1) is 0 Å². The van der Waals surface area contributed by atoms with Gasteiger partial charge in [0.25, 0.3) is 0 Å². The molecule has 1 aliphatic rings. The molecule has 1 heterocycles. The van der Waals surface area contributed by atoms with E-state index in [1.807, 2.05) is 29.2 Å². The number of rotatable bonds is 3. The molecule has 0 unspecified atom stereocenters. The van der Waals surface area contributed by atoms with Gasteiger partial charge in [0.15, 0.2) is 0 Å². The SMILES string of the molecule is COc1ccc(CC(=O)N2CCN(C(C)=O)CC2)cc1. The third-order valence-electron chi connectivity index (χ3n) is 3.59. The number of benzene rings is 1. The third-order valence-corrected chi connectivity index (χ3v) is 3.59. The van der Waals surface area contributed by atoms with Gasteiger partial charge < -0.3 is 14.5 Å². The van der Waals surface area contributed by atoms with Crippen LogP contribution >= 0.6 is 0 Å². The van der Waals surface area contributed by atoms with Gasteiger partial charge in [-0.3, -0.25) is 9.59 Å². The Kier molecular flexibility index (Phi) is 4.61. The fourth-order valence-electron chi connectivity index (χ4n) is 2.30. The van der Waals surface area contributed by atoms with Crippen LogP contribution in [0.2, 0.25) is 0 Å². The molecule has 0 saturated carbocycles. The van der Waals surface area contributed by atoms with Crippen molar-refractivity contribution in [2.45, 2.75) is 13.3 Å². The molecular weight excluding hydrogens is 256 g/mol. The number of amides is 2. The zero-order chi connectivity index (χ0) is 14.5. The van der Waals surface area contributed by atoms with Crippen molar-refractivity contribution in [1.82, 2.24) is 9.80 Å². The molecule has 1 saturated heterocycles. The molecule has 0 aromatic heterocycles. The average molecular weight is 276 g/mol. The van der Waals surface area contributed by atoms with Crippen molar-refractivity contribution in [3.63, 3.8) is 0 Å².